The molecule has 0 unspecified atom stereocenters. The van der Waals surface area contributed by atoms with Gasteiger partial charge in [0.05, 0.1) is 0 Å². The molecule has 15 aromatic rings. The Bertz CT molecular complexity index is 4460. The Labute approximate surface area is 397 Å². The third kappa shape index (κ3) is 5.51. The highest BCUT2D eigenvalue weighted by Gasteiger charge is 2.22. The van der Waals surface area contributed by atoms with E-state index in [9.17, 15) is 0 Å². The van der Waals surface area contributed by atoms with E-state index in [1.165, 1.54) is 148 Å². The third-order valence-corrected chi connectivity index (χ3v) is 17.7. The first-order valence-electron chi connectivity index (χ1n) is 22.9. The van der Waals surface area contributed by atoms with E-state index in [0.717, 1.165) is 0 Å². The summed E-state index contributed by atoms with van der Waals surface area (Å²) in [5.74, 6) is 0. The van der Waals surface area contributed by atoms with Gasteiger partial charge in [0.1, 0.15) is 0 Å². The molecule has 310 valence electrons. The largest absolute Gasteiger partial charge is 0.135 e. The SMILES string of the molecule is c1ccc2c(c1)sc1cc(-c3c4ccccc4c(-c4ccc5sc6c(-c7c8ccccc8c(-c8ccc9c(c8)sc8ccccc89)c8ccccc78)cccc6c5c4)c4ccccc34)ccc12. The zero-order chi connectivity index (χ0) is 43.7. The van der Waals surface area contributed by atoms with Gasteiger partial charge >= 0.3 is 0 Å². The summed E-state index contributed by atoms with van der Waals surface area (Å²) in [7, 11) is 0. The summed E-state index contributed by atoms with van der Waals surface area (Å²) in [5, 5.41) is 18.1. The first-order chi connectivity index (χ1) is 33.2. The summed E-state index contributed by atoms with van der Waals surface area (Å²) in [5.41, 5.74) is 10.2. The Kier molecular flexibility index (Phi) is 8.08. The molecule has 0 aliphatic carbocycles. The van der Waals surface area contributed by atoms with E-state index >= 15 is 0 Å². The average molecular weight is 901 g/mol. The summed E-state index contributed by atoms with van der Waals surface area (Å²) >= 11 is 5.69. The number of rotatable bonds is 4. The lowest BCUT2D eigenvalue weighted by Crippen LogP contribution is -1.91. The molecule has 0 nitrogen and oxygen atoms in total. The van der Waals surface area contributed by atoms with E-state index in [1.54, 1.807) is 0 Å². The molecule has 0 amide bonds. The molecule has 0 fully saturated rings. The van der Waals surface area contributed by atoms with E-state index in [2.05, 4.69) is 218 Å². The van der Waals surface area contributed by atoms with Gasteiger partial charge in [0.15, 0.2) is 0 Å². The summed E-state index contributed by atoms with van der Waals surface area (Å²) in [6.45, 7) is 0. The van der Waals surface area contributed by atoms with E-state index in [1.807, 2.05) is 34.0 Å². The smallest absolute Gasteiger partial charge is 0.0434 e. The Morgan fingerprint density at radius 1 is 0.194 bits per heavy atom. The molecule has 0 spiro atoms. The van der Waals surface area contributed by atoms with Gasteiger partial charge in [-0.1, -0.05) is 182 Å². The van der Waals surface area contributed by atoms with Crippen molar-refractivity contribution in [3.05, 3.63) is 218 Å². The van der Waals surface area contributed by atoms with Crippen LogP contribution < -0.4 is 0 Å². The van der Waals surface area contributed by atoms with Crippen LogP contribution in [-0.4, -0.2) is 0 Å². The second-order valence-corrected chi connectivity index (χ2v) is 21.0. The van der Waals surface area contributed by atoms with Gasteiger partial charge in [-0.2, -0.15) is 0 Å². The van der Waals surface area contributed by atoms with Crippen molar-refractivity contribution < 1.29 is 0 Å². The number of fused-ring (bicyclic) bond motifs is 13. The minimum atomic E-state index is 1.24. The van der Waals surface area contributed by atoms with Gasteiger partial charge in [-0.15, -0.1) is 34.0 Å². The molecule has 0 N–H and O–H groups in total. The molecule has 0 bridgehead atoms. The Morgan fingerprint density at radius 3 is 1.00 bits per heavy atom. The van der Waals surface area contributed by atoms with Crippen LogP contribution in [0.1, 0.15) is 0 Å². The maximum absolute atomic E-state index is 2.47. The lowest BCUT2D eigenvalue weighted by molar-refractivity contribution is 1.70. The number of benzene rings is 12. The molecule has 0 aliphatic rings. The zero-order valence-electron chi connectivity index (χ0n) is 36.0. The van der Waals surface area contributed by atoms with Crippen molar-refractivity contribution in [2.24, 2.45) is 0 Å². The monoisotopic (exact) mass is 900 g/mol. The Balaban J connectivity index is 0.928. The summed E-state index contributed by atoms with van der Waals surface area (Å²) in [6, 6.07) is 82.1. The maximum atomic E-state index is 2.47. The summed E-state index contributed by atoms with van der Waals surface area (Å²) in [6.07, 6.45) is 0. The van der Waals surface area contributed by atoms with E-state index in [-0.39, 0.29) is 0 Å². The van der Waals surface area contributed by atoms with Crippen LogP contribution in [0.3, 0.4) is 0 Å². The van der Waals surface area contributed by atoms with Crippen LogP contribution in [0.2, 0.25) is 0 Å². The molecule has 0 radical (unpaired) electrons. The molecule has 67 heavy (non-hydrogen) atoms. The lowest BCUT2D eigenvalue weighted by atomic mass is 9.85. The normalized spacial score (nSPS) is 12.2. The second-order valence-electron chi connectivity index (χ2n) is 17.8. The average Bonchev–Trinajstić information content (AvgIpc) is 4.08. The van der Waals surface area contributed by atoms with Crippen LogP contribution in [0.15, 0.2) is 218 Å². The molecular weight excluding hydrogens is 865 g/mol. The van der Waals surface area contributed by atoms with Gasteiger partial charge < -0.3 is 0 Å². The van der Waals surface area contributed by atoms with Gasteiger partial charge in [0, 0.05) is 66.1 Å². The van der Waals surface area contributed by atoms with Crippen LogP contribution in [0.25, 0.3) is 148 Å². The fourth-order valence-corrected chi connectivity index (χ4v) is 14.9. The van der Waals surface area contributed by atoms with E-state index < -0.39 is 0 Å². The van der Waals surface area contributed by atoms with Crippen molar-refractivity contribution in [2.45, 2.75) is 0 Å². The Morgan fingerprint density at radius 2 is 0.537 bits per heavy atom. The number of thiophene rings is 3. The predicted octanol–water partition coefficient (Wildman–Crippen LogP) is 20.1. The van der Waals surface area contributed by atoms with Crippen molar-refractivity contribution in [3.8, 4) is 44.5 Å². The third-order valence-electron chi connectivity index (χ3n) is 14.3. The first kappa shape index (κ1) is 37.5. The fraction of sp³-hybridized carbons (Fsp3) is 0. The zero-order valence-corrected chi connectivity index (χ0v) is 38.5. The molecule has 3 aromatic heterocycles. The highest BCUT2D eigenvalue weighted by Crippen LogP contribution is 2.51. The minimum Gasteiger partial charge on any atom is -0.135 e. The topological polar surface area (TPSA) is 0 Å². The van der Waals surface area contributed by atoms with Gasteiger partial charge in [-0.05, 0) is 118 Å². The quantitative estimate of drug-likeness (QED) is 0.154. The first-order valence-corrected chi connectivity index (χ1v) is 25.3. The molecule has 0 saturated heterocycles. The molecular formula is C64H36S3. The highest BCUT2D eigenvalue weighted by molar-refractivity contribution is 7.27. The highest BCUT2D eigenvalue weighted by atomic mass is 32.1. The van der Waals surface area contributed by atoms with E-state index in [4.69, 9.17) is 0 Å². The van der Waals surface area contributed by atoms with Crippen molar-refractivity contribution >= 4 is 138 Å². The minimum absolute atomic E-state index is 1.24. The maximum Gasteiger partial charge on any atom is 0.0434 e. The standard InChI is InChI=1S/C64H36S3/c1-3-18-46-44(16-1)60(45-17-2-4-19-47(45)61(46)38-28-31-42-40-14-9-11-26-55(40)65-58(42)35-38)37-30-33-57-54(34-37)52-24-13-25-53(64(52)67-57)63-50-22-7-5-20-48(50)62(49-21-6-8-23-51(49)63)39-29-32-43-41-15-10-12-27-56(41)66-59(43)36-39/h1-36H. The van der Waals surface area contributed by atoms with Crippen LogP contribution in [0.5, 0.6) is 0 Å². The fourth-order valence-electron chi connectivity index (χ4n) is 11.4. The predicted molar refractivity (Wildman–Crippen MR) is 297 cm³/mol. The van der Waals surface area contributed by atoms with Crippen LogP contribution in [-0.2, 0) is 0 Å². The number of hydrogen-bond acceptors (Lipinski definition) is 3. The van der Waals surface area contributed by atoms with Crippen LogP contribution >= 0.6 is 34.0 Å². The molecule has 15 rings (SSSR count). The molecule has 0 atom stereocenters. The molecule has 0 saturated carbocycles. The summed E-state index contributed by atoms with van der Waals surface area (Å²) in [4.78, 5) is 0. The van der Waals surface area contributed by atoms with Crippen LogP contribution in [0.4, 0.5) is 0 Å². The van der Waals surface area contributed by atoms with Gasteiger partial charge in [-0.25, -0.2) is 0 Å². The second kappa shape index (κ2) is 14.4. The molecule has 12 aromatic carbocycles. The Hall–Kier alpha value is -7.66. The van der Waals surface area contributed by atoms with Gasteiger partial charge in [-0.3, -0.25) is 0 Å². The summed E-state index contributed by atoms with van der Waals surface area (Å²) < 4.78 is 7.94. The van der Waals surface area contributed by atoms with Crippen molar-refractivity contribution in [3.63, 3.8) is 0 Å². The molecule has 0 aliphatic heterocycles. The van der Waals surface area contributed by atoms with Gasteiger partial charge in [0.2, 0.25) is 0 Å². The van der Waals surface area contributed by atoms with Crippen LogP contribution in [0, 0.1) is 0 Å². The van der Waals surface area contributed by atoms with Crippen molar-refractivity contribution in [1.29, 1.82) is 0 Å². The van der Waals surface area contributed by atoms with E-state index in [0.29, 0.717) is 0 Å². The molecule has 3 heteroatoms. The van der Waals surface area contributed by atoms with Crippen molar-refractivity contribution in [2.75, 3.05) is 0 Å². The molecule has 3 heterocycles. The van der Waals surface area contributed by atoms with Gasteiger partial charge in [0.25, 0.3) is 0 Å². The number of hydrogen-bond donors (Lipinski definition) is 0. The van der Waals surface area contributed by atoms with Crippen molar-refractivity contribution in [1.82, 2.24) is 0 Å². The lowest BCUT2D eigenvalue weighted by Gasteiger charge is -2.18.